The topological polar surface area (TPSA) is 52.6 Å². The summed E-state index contributed by atoms with van der Waals surface area (Å²) >= 11 is 0. The summed E-state index contributed by atoms with van der Waals surface area (Å²) in [5.41, 5.74) is 1.02. The average molecular weight is 206 g/mol. The lowest BCUT2D eigenvalue weighted by atomic mass is 10.2. The van der Waals surface area contributed by atoms with Crippen LogP contribution >= 0.6 is 0 Å². The summed E-state index contributed by atoms with van der Waals surface area (Å²) in [7, 11) is 0. The van der Waals surface area contributed by atoms with Gasteiger partial charge in [0.1, 0.15) is 0 Å². The van der Waals surface area contributed by atoms with Gasteiger partial charge in [-0.2, -0.15) is 0 Å². The molecule has 1 heterocycles. The highest BCUT2D eigenvalue weighted by molar-refractivity contribution is 5.83. The molecule has 15 heavy (non-hydrogen) atoms. The lowest BCUT2D eigenvalue weighted by Gasteiger charge is -2.33. The zero-order chi connectivity index (χ0) is 10.7. The summed E-state index contributed by atoms with van der Waals surface area (Å²) < 4.78 is 0. The van der Waals surface area contributed by atoms with E-state index in [0.717, 1.165) is 5.69 Å². The number of aliphatic hydroxyl groups is 1. The molecule has 1 aliphatic heterocycles. The van der Waals surface area contributed by atoms with E-state index in [-0.39, 0.29) is 18.6 Å². The van der Waals surface area contributed by atoms with Crippen molar-refractivity contribution in [3.8, 4) is 0 Å². The van der Waals surface area contributed by atoms with Gasteiger partial charge in [0.05, 0.1) is 19.2 Å². The fourth-order valence-electron chi connectivity index (χ4n) is 1.76. The van der Waals surface area contributed by atoms with E-state index in [1.54, 1.807) is 0 Å². The first-order chi connectivity index (χ1) is 7.29. The molecule has 1 unspecified atom stereocenters. The van der Waals surface area contributed by atoms with Crippen LogP contribution in [-0.2, 0) is 4.79 Å². The van der Waals surface area contributed by atoms with E-state index in [4.69, 9.17) is 5.11 Å². The van der Waals surface area contributed by atoms with Gasteiger partial charge in [-0.05, 0) is 12.1 Å². The molecule has 4 heteroatoms. The number of nitrogens with one attached hydrogen (secondary N) is 1. The van der Waals surface area contributed by atoms with Crippen LogP contribution in [0.15, 0.2) is 30.3 Å². The average Bonchev–Trinajstić information content (AvgIpc) is 2.29. The van der Waals surface area contributed by atoms with Crippen molar-refractivity contribution in [3.63, 3.8) is 0 Å². The SMILES string of the molecule is O=C1CN(c2ccccc2)CC(CO)N1. The molecule has 4 nitrogen and oxygen atoms in total. The summed E-state index contributed by atoms with van der Waals surface area (Å²) in [6, 6.07) is 9.59. The van der Waals surface area contributed by atoms with E-state index in [9.17, 15) is 4.79 Å². The number of carbonyl (C=O) groups is 1. The van der Waals surface area contributed by atoms with Crippen LogP contribution in [-0.4, -0.2) is 36.8 Å². The number of rotatable bonds is 2. The minimum Gasteiger partial charge on any atom is -0.394 e. The molecule has 0 aliphatic carbocycles. The molecule has 0 spiro atoms. The molecule has 2 rings (SSSR count). The number of amides is 1. The maximum Gasteiger partial charge on any atom is 0.239 e. The van der Waals surface area contributed by atoms with Gasteiger partial charge in [-0.15, -0.1) is 0 Å². The molecule has 2 N–H and O–H groups in total. The number of nitrogens with zero attached hydrogens (tertiary/aromatic N) is 1. The highest BCUT2D eigenvalue weighted by atomic mass is 16.3. The Morgan fingerprint density at radius 3 is 2.80 bits per heavy atom. The molecule has 1 aliphatic rings. The zero-order valence-corrected chi connectivity index (χ0v) is 8.39. The van der Waals surface area contributed by atoms with Crippen molar-refractivity contribution in [1.29, 1.82) is 0 Å². The maximum absolute atomic E-state index is 11.4. The van der Waals surface area contributed by atoms with Crippen LogP contribution in [0.5, 0.6) is 0 Å². The Kier molecular flexibility index (Phi) is 2.87. The number of para-hydroxylation sites is 1. The van der Waals surface area contributed by atoms with Gasteiger partial charge in [-0.1, -0.05) is 18.2 Å². The summed E-state index contributed by atoms with van der Waals surface area (Å²) in [5.74, 6) is -0.0378. The lowest BCUT2D eigenvalue weighted by molar-refractivity contribution is -0.121. The summed E-state index contributed by atoms with van der Waals surface area (Å²) in [6.07, 6.45) is 0. The molecule has 1 aromatic carbocycles. The Bertz CT molecular complexity index is 340. The molecule has 1 aromatic rings. The number of hydrogen-bond donors (Lipinski definition) is 2. The largest absolute Gasteiger partial charge is 0.394 e. The van der Waals surface area contributed by atoms with Crippen LogP contribution in [0.1, 0.15) is 0 Å². The van der Waals surface area contributed by atoms with E-state index in [0.29, 0.717) is 13.1 Å². The summed E-state index contributed by atoms with van der Waals surface area (Å²) in [5, 5.41) is 11.8. The van der Waals surface area contributed by atoms with Crippen molar-refractivity contribution in [1.82, 2.24) is 5.32 Å². The van der Waals surface area contributed by atoms with E-state index in [1.807, 2.05) is 35.2 Å². The first kappa shape index (κ1) is 9.98. The Morgan fingerprint density at radius 2 is 2.13 bits per heavy atom. The number of benzene rings is 1. The van der Waals surface area contributed by atoms with Crippen molar-refractivity contribution < 1.29 is 9.90 Å². The first-order valence-electron chi connectivity index (χ1n) is 5.00. The van der Waals surface area contributed by atoms with Crippen LogP contribution < -0.4 is 10.2 Å². The summed E-state index contributed by atoms with van der Waals surface area (Å²) in [6.45, 7) is 1.00. The Labute approximate surface area is 88.5 Å². The van der Waals surface area contributed by atoms with Crippen molar-refractivity contribution >= 4 is 11.6 Å². The monoisotopic (exact) mass is 206 g/mol. The molecular weight excluding hydrogens is 192 g/mol. The highest BCUT2D eigenvalue weighted by Crippen LogP contribution is 2.15. The fraction of sp³-hybridized carbons (Fsp3) is 0.364. The van der Waals surface area contributed by atoms with Gasteiger partial charge in [0.2, 0.25) is 5.91 Å². The predicted octanol–water partition coefficient (Wildman–Crippen LogP) is -0.0163. The quantitative estimate of drug-likeness (QED) is 0.715. The van der Waals surface area contributed by atoms with Crippen molar-refractivity contribution in [2.75, 3.05) is 24.6 Å². The second-order valence-electron chi connectivity index (χ2n) is 3.66. The zero-order valence-electron chi connectivity index (χ0n) is 8.39. The number of aliphatic hydroxyl groups excluding tert-OH is 1. The number of piperazine rings is 1. The standard InChI is InChI=1S/C11H14N2O2/c14-8-9-6-13(7-11(15)12-9)10-4-2-1-3-5-10/h1-5,9,14H,6-8H2,(H,12,15). The van der Waals surface area contributed by atoms with Crippen LogP contribution in [0, 0.1) is 0 Å². The molecule has 1 atom stereocenters. The summed E-state index contributed by atoms with van der Waals surface area (Å²) in [4.78, 5) is 13.3. The predicted molar refractivity (Wildman–Crippen MR) is 57.7 cm³/mol. The molecular formula is C11H14N2O2. The van der Waals surface area contributed by atoms with Crippen LogP contribution in [0.4, 0.5) is 5.69 Å². The van der Waals surface area contributed by atoms with E-state index < -0.39 is 0 Å². The van der Waals surface area contributed by atoms with E-state index in [2.05, 4.69) is 5.32 Å². The van der Waals surface area contributed by atoms with Gasteiger partial charge in [0, 0.05) is 12.2 Å². The third-order valence-electron chi connectivity index (χ3n) is 2.48. The lowest BCUT2D eigenvalue weighted by Crippen LogP contribution is -2.55. The Balaban J connectivity index is 2.12. The van der Waals surface area contributed by atoms with Gasteiger partial charge in [-0.3, -0.25) is 4.79 Å². The molecule has 0 radical (unpaired) electrons. The van der Waals surface area contributed by atoms with Gasteiger partial charge in [0.25, 0.3) is 0 Å². The minimum absolute atomic E-state index is 0.0188. The number of carbonyl (C=O) groups excluding carboxylic acids is 1. The molecule has 1 amide bonds. The third kappa shape index (κ3) is 2.27. The molecule has 80 valence electrons. The van der Waals surface area contributed by atoms with E-state index in [1.165, 1.54) is 0 Å². The normalized spacial score (nSPS) is 21.3. The van der Waals surface area contributed by atoms with E-state index >= 15 is 0 Å². The Hall–Kier alpha value is -1.55. The van der Waals surface area contributed by atoms with Gasteiger partial charge < -0.3 is 15.3 Å². The maximum atomic E-state index is 11.4. The van der Waals surface area contributed by atoms with Gasteiger partial charge >= 0.3 is 0 Å². The second kappa shape index (κ2) is 4.31. The van der Waals surface area contributed by atoms with Crippen LogP contribution in [0.3, 0.4) is 0 Å². The fourth-order valence-corrected chi connectivity index (χ4v) is 1.76. The number of anilines is 1. The van der Waals surface area contributed by atoms with Gasteiger partial charge in [-0.25, -0.2) is 0 Å². The molecule has 0 bridgehead atoms. The van der Waals surface area contributed by atoms with Crippen molar-refractivity contribution in [2.24, 2.45) is 0 Å². The van der Waals surface area contributed by atoms with Crippen LogP contribution in [0.2, 0.25) is 0 Å². The molecule has 0 saturated carbocycles. The Morgan fingerprint density at radius 1 is 1.40 bits per heavy atom. The van der Waals surface area contributed by atoms with Crippen molar-refractivity contribution in [2.45, 2.75) is 6.04 Å². The smallest absolute Gasteiger partial charge is 0.239 e. The second-order valence-corrected chi connectivity index (χ2v) is 3.66. The molecule has 1 saturated heterocycles. The third-order valence-corrected chi connectivity index (χ3v) is 2.48. The van der Waals surface area contributed by atoms with Crippen LogP contribution in [0.25, 0.3) is 0 Å². The molecule has 0 aromatic heterocycles. The highest BCUT2D eigenvalue weighted by Gasteiger charge is 2.23. The first-order valence-corrected chi connectivity index (χ1v) is 5.00. The molecule has 1 fully saturated rings. The van der Waals surface area contributed by atoms with Crippen molar-refractivity contribution in [3.05, 3.63) is 30.3 Å². The minimum atomic E-state index is -0.161. The number of hydrogen-bond acceptors (Lipinski definition) is 3. The van der Waals surface area contributed by atoms with Gasteiger partial charge in [0.15, 0.2) is 0 Å².